The van der Waals surface area contributed by atoms with Crippen LogP contribution < -0.4 is 5.73 Å². The van der Waals surface area contributed by atoms with E-state index < -0.39 is 12.0 Å². The van der Waals surface area contributed by atoms with E-state index in [0.717, 1.165) is 5.56 Å². The van der Waals surface area contributed by atoms with Crippen molar-refractivity contribution in [3.63, 3.8) is 0 Å². The minimum absolute atomic E-state index is 0.208. The van der Waals surface area contributed by atoms with Crippen LogP contribution in [0, 0.1) is 0 Å². The fourth-order valence-corrected chi connectivity index (χ4v) is 1.46. The molecule has 3 N–H and O–H groups in total. The Hall–Kier alpha value is -1.91. The van der Waals surface area contributed by atoms with Crippen molar-refractivity contribution in [1.82, 2.24) is 4.98 Å². The van der Waals surface area contributed by atoms with Crippen molar-refractivity contribution in [3.05, 3.63) is 29.6 Å². The van der Waals surface area contributed by atoms with Gasteiger partial charge in [-0.15, -0.1) is 0 Å². The number of aromatic nitrogens is 1. The number of carbonyl (C=O) groups is 1. The van der Waals surface area contributed by atoms with Crippen LogP contribution in [0.25, 0.3) is 0 Å². The number of hydrogen-bond acceptors (Lipinski definition) is 4. The molecule has 0 fully saturated rings. The number of fused-ring (bicyclic) bond motifs is 1. The molecule has 1 unspecified atom stereocenters. The second-order valence-corrected chi connectivity index (χ2v) is 3.08. The van der Waals surface area contributed by atoms with Gasteiger partial charge in [0.2, 0.25) is 0 Å². The number of nitrogens with zero attached hydrogens (tertiary/aromatic N) is 2. The number of rotatable bonds is 1. The molecule has 2 heterocycles. The van der Waals surface area contributed by atoms with Crippen molar-refractivity contribution in [2.75, 3.05) is 0 Å². The van der Waals surface area contributed by atoms with Crippen molar-refractivity contribution in [3.8, 4) is 0 Å². The van der Waals surface area contributed by atoms with Gasteiger partial charge in [-0.25, -0.2) is 4.79 Å². The summed E-state index contributed by atoms with van der Waals surface area (Å²) in [4.78, 5) is 18.6. The highest BCUT2D eigenvalue weighted by Gasteiger charge is 2.24. The van der Waals surface area contributed by atoms with E-state index in [1.54, 1.807) is 12.3 Å². The molecule has 0 saturated heterocycles. The highest BCUT2D eigenvalue weighted by molar-refractivity contribution is 5.99. The van der Waals surface area contributed by atoms with Gasteiger partial charge in [0, 0.05) is 12.6 Å². The van der Waals surface area contributed by atoms with Crippen molar-refractivity contribution >= 4 is 11.8 Å². The van der Waals surface area contributed by atoms with E-state index in [-0.39, 0.29) is 5.84 Å². The third-order valence-corrected chi connectivity index (χ3v) is 2.13. The lowest BCUT2D eigenvalue weighted by Crippen LogP contribution is -2.32. The van der Waals surface area contributed by atoms with Crippen molar-refractivity contribution in [1.29, 1.82) is 0 Å². The Morgan fingerprint density at radius 1 is 1.64 bits per heavy atom. The lowest BCUT2D eigenvalue weighted by atomic mass is 10.0. The molecule has 0 aliphatic carbocycles. The Labute approximate surface area is 80.3 Å². The van der Waals surface area contributed by atoms with Crippen LogP contribution in [0.2, 0.25) is 0 Å². The summed E-state index contributed by atoms with van der Waals surface area (Å²) >= 11 is 0. The molecule has 2 rings (SSSR count). The number of hydrogen-bond donors (Lipinski definition) is 2. The standard InChI is InChI=1S/C9H9N3O2/c10-8-7-5(2-1-3-11-7)4-6(12-8)9(13)14/h1-3,6H,4H2,(H2,10,12)(H,13,14). The molecule has 1 aliphatic rings. The Morgan fingerprint density at radius 2 is 2.43 bits per heavy atom. The molecule has 1 aromatic heterocycles. The van der Waals surface area contributed by atoms with Crippen molar-refractivity contribution in [2.45, 2.75) is 12.5 Å². The molecule has 14 heavy (non-hydrogen) atoms. The predicted octanol–water partition coefficient (Wildman–Crippen LogP) is -0.204. The van der Waals surface area contributed by atoms with Crippen LogP contribution in [-0.4, -0.2) is 27.9 Å². The Kier molecular flexibility index (Phi) is 1.92. The largest absolute Gasteiger partial charge is 0.480 e. The number of aliphatic carboxylic acids is 1. The lowest BCUT2D eigenvalue weighted by Gasteiger charge is -2.17. The summed E-state index contributed by atoms with van der Waals surface area (Å²) in [6, 6.07) is 2.81. The lowest BCUT2D eigenvalue weighted by molar-refractivity contribution is -0.138. The number of aliphatic imine (C=N–C) groups is 1. The average Bonchev–Trinajstić information content (AvgIpc) is 2.17. The van der Waals surface area contributed by atoms with Crippen LogP contribution in [0.5, 0.6) is 0 Å². The minimum Gasteiger partial charge on any atom is -0.480 e. The molecule has 5 nitrogen and oxygen atoms in total. The van der Waals surface area contributed by atoms with Crippen LogP contribution in [0.4, 0.5) is 0 Å². The van der Waals surface area contributed by atoms with Crippen LogP contribution in [0.1, 0.15) is 11.3 Å². The van der Waals surface area contributed by atoms with E-state index in [9.17, 15) is 4.79 Å². The van der Waals surface area contributed by atoms with Gasteiger partial charge in [0.05, 0.1) is 0 Å². The van der Waals surface area contributed by atoms with Gasteiger partial charge >= 0.3 is 5.97 Å². The van der Waals surface area contributed by atoms with E-state index in [1.165, 1.54) is 0 Å². The Bertz CT molecular complexity index is 414. The highest BCUT2D eigenvalue weighted by Crippen LogP contribution is 2.15. The van der Waals surface area contributed by atoms with Gasteiger partial charge in [0.25, 0.3) is 0 Å². The first-order valence-electron chi connectivity index (χ1n) is 4.19. The summed E-state index contributed by atoms with van der Waals surface area (Å²) in [6.45, 7) is 0. The molecule has 0 amide bonds. The first-order chi connectivity index (χ1) is 6.68. The zero-order valence-corrected chi connectivity index (χ0v) is 7.34. The molecule has 0 radical (unpaired) electrons. The van der Waals surface area contributed by atoms with E-state index in [2.05, 4.69) is 9.98 Å². The molecule has 1 aliphatic heterocycles. The maximum Gasteiger partial charge on any atom is 0.328 e. The topological polar surface area (TPSA) is 88.6 Å². The summed E-state index contributed by atoms with van der Waals surface area (Å²) in [6.07, 6.45) is 1.97. The zero-order chi connectivity index (χ0) is 10.1. The summed E-state index contributed by atoms with van der Waals surface area (Å²) in [7, 11) is 0. The zero-order valence-electron chi connectivity index (χ0n) is 7.34. The molecule has 72 valence electrons. The fraction of sp³-hybridized carbons (Fsp3) is 0.222. The number of carboxylic acid groups (broad SMARTS) is 1. The van der Waals surface area contributed by atoms with Crippen LogP contribution >= 0.6 is 0 Å². The first kappa shape index (κ1) is 8.68. The van der Waals surface area contributed by atoms with Crippen LogP contribution in [0.3, 0.4) is 0 Å². The van der Waals surface area contributed by atoms with E-state index in [4.69, 9.17) is 10.8 Å². The molecule has 5 heteroatoms. The van der Waals surface area contributed by atoms with Crippen LogP contribution in [0.15, 0.2) is 23.3 Å². The molecule has 0 saturated carbocycles. The number of pyridine rings is 1. The average molecular weight is 191 g/mol. The molecular formula is C9H9N3O2. The highest BCUT2D eigenvalue weighted by atomic mass is 16.4. The second-order valence-electron chi connectivity index (χ2n) is 3.08. The van der Waals surface area contributed by atoms with Gasteiger partial charge in [-0.3, -0.25) is 9.98 Å². The van der Waals surface area contributed by atoms with Crippen LogP contribution in [-0.2, 0) is 11.2 Å². The summed E-state index contributed by atoms with van der Waals surface area (Å²) in [5.41, 5.74) is 7.04. The smallest absolute Gasteiger partial charge is 0.328 e. The molecule has 0 spiro atoms. The number of nitrogens with two attached hydrogens (primary N) is 1. The molecular weight excluding hydrogens is 182 g/mol. The van der Waals surface area contributed by atoms with E-state index in [0.29, 0.717) is 12.1 Å². The molecule has 0 bridgehead atoms. The van der Waals surface area contributed by atoms with Gasteiger partial charge in [-0.2, -0.15) is 0 Å². The minimum atomic E-state index is -0.956. The number of amidine groups is 1. The summed E-state index contributed by atoms with van der Waals surface area (Å²) < 4.78 is 0. The van der Waals surface area contributed by atoms with Crippen molar-refractivity contribution in [2.24, 2.45) is 10.7 Å². The first-order valence-corrected chi connectivity index (χ1v) is 4.19. The van der Waals surface area contributed by atoms with E-state index >= 15 is 0 Å². The Balaban J connectivity index is 2.44. The van der Waals surface area contributed by atoms with E-state index in [1.807, 2.05) is 6.07 Å². The molecule has 1 aromatic rings. The van der Waals surface area contributed by atoms with Gasteiger partial charge in [0.15, 0.2) is 6.04 Å². The Morgan fingerprint density at radius 3 is 3.14 bits per heavy atom. The maximum absolute atomic E-state index is 10.7. The third kappa shape index (κ3) is 1.32. The SMILES string of the molecule is NC1=NC(C(=O)O)Cc2cccnc21. The summed E-state index contributed by atoms with van der Waals surface area (Å²) in [5.74, 6) is -0.748. The number of carboxylic acids is 1. The molecule has 0 aromatic carbocycles. The third-order valence-electron chi connectivity index (χ3n) is 2.13. The van der Waals surface area contributed by atoms with Gasteiger partial charge in [-0.1, -0.05) is 6.07 Å². The fourth-order valence-electron chi connectivity index (χ4n) is 1.46. The normalized spacial score (nSPS) is 19.7. The van der Waals surface area contributed by atoms with Crippen molar-refractivity contribution < 1.29 is 9.90 Å². The van der Waals surface area contributed by atoms with Gasteiger partial charge in [0.1, 0.15) is 11.5 Å². The van der Waals surface area contributed by atoms with Gasteiger partial charge < -0.3 is 10.8 Å². The summed E-state index contributed by atoms with van der Waals surface area (Å²) in [5, 5.41) is 8.80. The van der Waals surface area contributed by atoms with Gasteiger partial charge in [-0.05, 0) is 11.6 Å². The molecule has 1 atom stereocenters. The predicted molar refractivity (Wildman–Crippen MR) is 50.1 cm³/mol. The quantitative estimate of drug-likeness (QED) is 0.643. The second kappa shape index (κ2) is 3.10. The maximum atomic E-state index is 10.7. The monoisotopic (exact) mass is 191 g/mol.